The van der Waals surface area contributed by atoms with Gasteiger partial charge in [-0.05, 0) is 19.8 Å². The number of amides is 1. The Morgan fingerprint density at radius 2 is 1.39 bits per heavy atom. The Kier molecular flexibility index (Phi) is 10.1. The zero-order valence-electron chi connectivity index (χ0n) is 19.2. The van der Waals surface area contributed by atoms with E-state index in [-0.39, 0.29) is 17.9 Å². The minimum atomic E-state index is -0.283. The number of hydrogen-bond acceptors (Lipinski definition) is 4. The van der Waals surface area contributed by atoms with Gasteiger partial charge in [0.25, 0.3) is 0 Å². The standard InChI is InChI=1S/C26H39N3O2/c1-21(26-28-24(29-31-26)22-17-15-12-16-18-22)27-25(30)23-19-13-10-8-6-4-2-3-5-7-9-11-14-20-23/h12,15-18,21,23H,2-11,13-14,19-20H2,1H3,(H,27,30)/t21-/m0/s1. The second-order valence-corrected chi connectivity index (χ2v) is 9.07. The Labute approximate surface area is 187 Å². The van der Waals surface area contributed by atoms with Crippen molar-refractivity contribution >= 4 is 5.91 Å². The van der Waals surface area contributed by atoms with Crippen molar-refractivity contribution in [1.82, 2.24) is 15.5 Å². The lowest BCUT2D eigenvalue weighted by Crippen LogP contribution is -2.33. The summed E-state index contributed by atoms with van der Waals surface area (Å²) in [4.78, 5) is 17.6. The van der Waals surface area contributed by atoms with E-state index in [1.165, 1.54) is 64.2 Å². The molecule has 1 fully saturated rings. The molecule has 1 aliphatic carbocycles. The quantitative estimate of drug-likeness (QED) is 0.572. The van der Waals surface area contributed by atoms with Gasteiger partial charge >= 0.3 is 0 Å². The van der Waals surface area contributed by atoms with Crippen LogP contribution in [0.25, 0.3) is 11.4 Å². The molecule has 0 unspecified atom stereocenters. The molecule has 0 saturated heterocycles. The van der Waals surface area contributed by atoms with Crippen molar-refractivity contribution in [3.05, 3.63) is 36.2 Å². The summed E-state index contributed by atoms with van der Waals surface area (Å²) in [5.74, 6) is 1.25. The Morgan fingerprint density at radius 3 is 1.94 bits per heavy atom. The van der Waals surface area contributed by atoms with Gasteiger partial charge in [-0.3, -0.25) is 4.79 Å². The van der Waals surface area contributed by atoms with Crippen LogP contribution in [0, 0.1) is 5.92 Å². The van der Waals surface area contributed by atoms with Gasteiger partial charge in [-0.15, -0.1) is 0 Å². The molecule has 0 radical (unpaired) electrons. The third kappa shape index (κ3) is 8.12. The Morgan fingerprint density at radius 1 is 0.871 bits per heavy atom. The molecule has 1 saturated carbocycles. The average Bonchev–Trinajstić information content (AvgIpc) is 3.28. The summed E-state index contributed by atoms with van der Waals surface area (Å²) in [6, 6.07) is 9.48. The van der Waals surface area contributed by atoms with Crippen molar-refractivity contribution in [2.24, 2.45) is 5.92 Å². The van der Waals surface area contributed by atoms with E-state index in [2.05, 4.69) is 15.5 Å². The smallest absolute Gasteiger partial charge is 0.249 e. The fraction of sp³-hybridized carbons (Fsp3) is 0.654. The number of rotatable bonds is 4. The first kappa shape index (κ1) is 23.5. The maximum atomic E-state index is 13.1. The summed E-state index contributed by atoms with van der Waals surface area (Å²) < 4.78 is 5.44. The van der Waals surface area contributed by atoms with E-state index in [1.807, 2.05) is 37.3 Å². The van der Waals surface area contributed by atoms with Gasteiger partial charge in [0, 0.05) is 11.5 Å². The molecule has 1 heterocycles. The number of carbonyl (C=O) groups is 1. The minimum Gasteiger partial charge on any atom is -0.344 e. The monoisotopic (exact) mass is 425 g/mol. The molecule has 31 heavy (non-hydrogen) atoms. The molecule has 0 spiro atoms. The molecule has 1 aromatic carbocycles. The minimum absolute atomic E-state index is 0.0871. The molecule has 1 amide bonds. The molecule has 5 nitrogen and oxygen atoms in total. The van der Waals surface area contributed by atoms with Crippen molar-refractivity contribution < 1.29 is 9.32 Å². The highest BCUT2D eigenvalue weighted by Gasteiger charge is 2.23. The number of aromatic nitrogens is 2. The fourth-order valence-corrected chi connectivity index (χ4v) is 4.46. The SMILES string of the molecule is C[C@H](NC(=O)C1CCCCCCCCCCCCCC1)c1nc(-c2ccccc2)no1. The van der Waals surface area contributed by atoms with Crippen molar-refractivity contribution in [2.75, 3.05) is 0 Å². The zero-order valence-corrected chi connectivity index (χ0v) is 19.2. The van der Waals surface area contributed by atoms with E-state index in [1.54, 1.807) is 0 Å². The molecule has 1 aliphatic rings. The highest BCUT2D eigenvalue weighted by Crippen LogP contribution is 2.23. The van der Waals surface area contributed by atoms with E-state index >= 15 is 0 Å². The van der Waals surface area contributed by atoms with Gasteiger partial charge < -0.3 is 9.84 Å². The second kappa shape index (κ2) is 13.3. The first-order chi connectivity index (χ1) is 15.2. The summed E-state index contributed by atoms with van der Waals surface area (Å²) in [5, 5.41) is 7.22. The molecular formula is C26H39N3O2. The van der Waals surface area contributed by atoms with Crippen LogP contribution in [0.5, 0.6) is 0 Å². The van der Waals surface area contributed by atoms with Crippen LogP contribution in [0.15, 0.2) is 34.9 Å². The van der Waals surface area contributed by atoms with Crippen LogP contribution in [0.1, 0.15) is 109 Å². The summed E-state index contributed by atoms with van der Waals surface area (Å²) in [7, 11) is 0. The average molecular weight is 426 g/mol. The predicted octanol–water partition coefficient (Wildman–Crippen LogP) is 7.01. The lowest BCUT2D eigenvalue weighted by Gasteiger charge is -2.19. The maximum Gasteiger partial charge on any atom is 0.249 e. The highest BCUT2D eigenvalue weighted by atomic mass is 16.5. The van der Waals surface area contributed by atoms with Crippen molar-refractivity contribution in [3.63, 3.8) is 0 Å². The van der Waals surface area contributed by atoms with Crippen LogP contribution in [0.4, 0.5) is 0 Å². The molecule has 0 bridgehead atoms. The summed E-state index contributed by atoms with van der Waals surface area (Å²) in [6.45, 7) is 1.92. The van der Waals surface area contributed by atoms with Gasteiger partial charge in [0.05, 0.1) is 0 Å². The molecule has 0 aliphatic heterocycles. The van der Waals surface area contributed by atoms with Gasteiger partial charge in [-0.25, -0.2) is 0 Å². The first-order valence-electron chi connectivity index (χ1n) is 12.4. The first-order valence-corrected chi connectivity index (χ1v) is 12.4. The summed E-state index contributed by atoms with van der Waals surface area (Å²) in [5.41, 5.74) is 0.915. The molecule has 2 aromatic rings. The largest absolute Gasteiger partial charge is 0.344 e. The maximum absolute atomic E-state index is 13.1. The van der Waals surface area contributed by atoms with E-state index < -0.39 is 0 Å². The topological polar surface area (TPSA) is 68.0 Å². The lowest BCUT2D eigenvalue weighted by atomic mass is 9.93. The van der Waals surface area contributed by atoms with Crippen molar-refractivity contribution in [2.45, 2.75) is 103 Å². The molecule has 1 aromatic heterocycles. The van der Waals surface area contributed by atoms with Crippen LogP contribution in [-0.2, 0) is 4.79 Å². The molecular weight excluding hydrogens is 386 g/mol. The van der Waals surface area contributed by atoms with Crippen LogP contribution in [0.2, 0.25) is 0 Å². The molecule has 170 valence electrons. The molecule has 5 heteroatoms. The van der Waals surface area contributed by atoms with Crippen LogP contribution in [-0.4, -0.2) is 16.0 Å². The number of nitrogens with one attached hydrogen (secondary N) is 1. The highest BCUT2D eigenvalue weighted by molar-refractivity contribution is 5.78. The number of nitrogens with zero attached hydrogens (tertiary/aromatic N) is 2. The van der Waals surface area contributed by atoms with Crippen LogP contribution in [0.3, 0.4) is 0 Å². The van der Waals surface area contributed by atoms with Crippen LogP contribution < -0.4 is 5.32 Å². The van der Waals surface area contributed by atoms with E-state index in [0.29, 0.717) is 11.7 Å². The van der Waals surface area contributed by atoms with Crippen molar-refractivity contribution in [3.8, 4) is 11.4 Å². The van der Waals surface area contributed by atoms with Gasteiger partial charge in [0.1, 0.15) is 6.04 Å². The Balaban J connectivity index is 1.53. The van der Waals surface area contributed by atoms with E-state index in [9.17, 15) is 4.79 Å². The van der Waals surface area contributed by atoms with E-state index in [0.717, 1.165) is 31.2 Å². The third-order valence-electron chi connectivity index (χ3n) is 6.43. The molecule has 3 rings (SSSR count). The van der Waals surface area contributed by atoms with Gasteiger partial charge in [0.2, 0.25) is 17.6 Å². The zero-order chi connectivity index (χ0) is 21.7. The normalized spacial score (nSPS) is 19.1. The Bertz CT molecular complexity index is 743. The summed E-state index contributed by atoms with van der Waals surface area (Å²) >= 11 is 0. The van der Waals surface area contributed by atoms with Crippen molar-refractivity contribution in [1.29, 1.82) is 0 Å². The fourth-order valence-electron chi connectivity index (χ4n) is 4.46. The van der Waals surface area contributed by atoms with Gasteiger partial charge in [-0.2, -0.15) is 4.98 Å². The number of carbonyl (C=O) groups excluding carboxylic acids is 1. The summed E-state index contributed by atoms with van der Waals surface area (Å²) in [6.07, 6.45) is 17.6. The molecule has 1 atom stereocenters. The van der Waals surface area contributed by atoms with Gasteiger partial charge in [0.15, 0.2) is 0 Å². The number of hydrogen-bond donors (Lipinski definition) is 1. The number of benzene rings is 1. The third-order valence-corrected chi connectivity index (χ3v) is 6.43. The lowest BCUT2D eigenvalue weighted by molar-refractivity contribution is -0.126. The second-order valence-electron chi connectivity index (χ2n) is 9.07. The van der Waals surface area contributed by atoms with Gasteiger partial charge in [-0.1, -0.05) is 113 Å². The molecule has 1 N–H and O–H groups in total. The van der Waals surface area contributed by atoms with E-state index in [4.69, 9.17) is 4.52 Å². The predicted molar refractivity (Wildman–Crippen MR) is 124 cm³/mol. The van der Waals surface area contributed by atoms with Crippen LogP contribution >= 0.6 is 0 Å². The Hall–Kier alpha value is -2.17.